The SMILES string of the molecule is CO[Si](OC)(OC)[SiH2]C=C(C)C. The lowest BCUT2D eigenvalue weighted by Gasteiger charge is -2.23. The molecule has 0 aliphatic heterocycles. The third-order valence-electron chi connectivity index (χ3n) is 1.69. The Kier molecular flexibility index (Phi) is 5.68. The normalized spacial score (nSPS) is 12.4. The first kappa shape index (κ1) is 12.1. The second-order valence-corrected chi connectivity index (χ2v) is 10.0. The van der Waals surface area contributed by atoms with Crippen molar-refractivity contribution in [2.75, 3.05) is 21.3 Å². The van der Waals surface area contributed by atoms with Crippen LogP contribution in [-0.4, -0.2) is 38.7 Å². The van der Waals surface area contributed by atoms with Crippen molar-refractivity contribution in [3.8, 4) is 0 Å². The highest BCUT2D eigenvalue weighted by atomic mass is 29.2. The highest BCUT2D eigenvalue weighted by Gasteiger charge is 2.35. The van der Waals surface area contributed by atoms with E-state index in [1.54, 1.807) is 21.3 Å². The van der Waals surface area contributed by atoms with E-state index in [4.69, 9.17) is 13.3 Å². The molecule has 0 atom stereocenters. The minimum atomic E-state index is -2.22. The van der Waals surface area contributed by atoms with Crippen molar-refractivity contribution in [3.63, 3.8) is 0 Å². The maximum Gasteiger partial charge on any atom is 0.466 e. The van der Waals surface area contributed by atoms with E-state index in [2.05, 4.69) is 19.5 Å². The molecule has 0 aromatic carbocycles. The van der Waals surface area contributed by atoms with E-state index in [1.807, 2.05) is 0 Å². The van der Waals surface area contributed by atoms with E-state index >= 15 is 0 Å². The molecule has 0 N–H and O–H groups in total. The minimum absolute atomic E-state index is 0.519. The maximum absolute atomic E-state index is 5.30. The van der Waals surface area contributed by atoms with Crippen LogP contribution in [0.25, 0.3) is 0 Å². The zero-order valence-corrected chi connectivity index (χ0v) is 10.9. The Morgan fingerprint density at radius 2 is 1.50 bits per heavy atom. The van der Waals surface area contributed by atoms with Crippen molar-refractivity contribution in [2.45, 2.75) is 13.8 Å². The predicted molar refractivity (Wildman–Crippen MR) is 54.8 cm³/mol. The highest BCUT2D eigenvalue weighted by molar-refractivity contribution is 7.16. The van der Waals surface area contributed by atoms with E-state index in [1.165, 1.54) is 5.57 Å². The average molecular weight is 206 g/mol. The van der Waals surface area contributed by atoms with Gasteiger partial charge in [-0.2, -0.15) is 0 Å². The molecule has 0 saturated carbocycles. The molecular formula is C7H18O3Si2. The highest BCUT2D eigenvalue weighted by Crippen LogP contribution is 2.04. The summed E-state index contributed by atoms with van der Waals surface area (Å²) in [7, 11) is 2.24. The summed E-state index contributed by atoms with van der Waals surface area (Å²) in [5, 5.41) is 0. The zero-order chi connectivity index (χ0) is 9.61. The molecular weight excluding hydrogens is 188 g/mol. The molecule has 72 valence electrons. The van der Waals surface area contributed by atoms with Crippen LogP contribution in [0.2, 0.25) is 0 Å². The first-order chi connectivity index (χ1) is 5.60. The summed E-state index contributed by atoms with van der Waals surface area (Å²) in [5.74, 6) is 0. The van der Waals surface area contributed by atoms with Crippen molar-refractivity contribution in [3.05, 3.63) is 11.3 Å². The fourth-order valence-electron chi connectivity index (χ4n) is 0.829. The van der Waals surface area contributed by atoms with Crippen molar-refractivity contribution in [2.24, 2.45) is 0 Å². The van der Waals surface area contributed by atoms with Crippen LogP contribution >= 0.6 is 0 Å². The van der Waals surface area contributed by atoms with E-state index in [0.29, 0.717) is 0 Å². The zero-order valence-electron chi connectivity index (χ0n) is 8.51. The molecule has 0 aliphatic rings. The van der Waals surface area contributed by atoms with Gasteiger partial charge in [0.25, 0.3) is 0 Å². The van der Waals surface area contributed by atoms with Gasteiger partial charge in [-0.1, -0.05) is 11.3 Å². The molecule has 0 amide bonds. The van der Waals surface area contributed by atoms with E-state index < -0.39 is 17.4 Å². The predicted octanol–water partition coefficient (Wildman–Crippen LogP) is 0.454. The molecule has 0 heterocycles. The summed E-state index contributed by atoms with van der Waals surface area (Å²) in [5.41, 5.74) is 3.52. The molecule has 0 aliphatic carbocycles. The molecule has 0 saturated heterocycles. The van der Waals surface area contributed by atoms with Gasteiger partial charge in [-0.15, -0.1) is 0 Å². The Hall–Kier alpha value is 0.0538. The van der Waals surface area contributed by atoms with Crippen molar-refractivity contribution >= 4 is 17.4 Å². The summed E-state index contributed by atoms with van der Waals surface area (Å²) in [6.45, 7) is 4.15. The smallest absolute Gasteiger partial charge is 0.380 e. The summed E-state index contributed by atoms with van der Waals surface area (Å²) >= 11 is 0. The monoisotopic (exact) mass is 206 g/mol. The molecule has 0 unspecified atom stereocenters. The van der Waals surface area contributed by atoms with Gasteiger partial charge in [0.15, 0.2) is 0 Å². The van der Waals surface area contributed by atoms with Gasteiger partial charge in [0, 0.05) is 21.3 Å². The van der Waals surface area contributed by atoms with Crippen LogP contribution in [0, 0.1) is 0 Å². The minimum Gasteiger partial charge on any atom is -0.380 e. The first-order valence-electron chi connectivity index (χ1n) is 3.89. The lowest BCUT2D eigenvalue weighted by atomic mass is 10.4. The molecule has 0 aromatic heterocycles. The van der Waals surface area contributed by atoms with E-state index in [9.17, 15) is 0 Å². The Morgan fingerprint density at radius 1 is 1.08 bits per heavy atom. The summed E-state index contributed by atoms with van der Waals surface area (Å²) in [4.78, 5) is 0. The summed E-state index contributed by atoms with van der Waals surface area (Å²) in [6, 6.07) is 0. The van der Waals surface area contributed by atoms with Gasteiger partial charge in [-0.05, 0) is 13.8 Å². The fourth-order valence-corrected chi connectivity index (χ4v) is 5.96. The molecule has 0 bridgehead atoms. The molecule has 0 fully saturated rings. The number of allylic oxidation sites excluding steroid dienone is 1. The van der Waals surface area contributed by atoms with Crippen LogP contribution in [-0.2, 0) is 13.3 Å². The van der Waals surface area contributed by atoms with E-state index in [0.717, 1.165) is 0 Å². The standard InChI is InChI=1S/C7H18O3Si2/c1-7(2)6-11-12(8-3,9-4)10-5/h6H,11H2,1-5H3. The van der Waals surface area contributed by atoms with Crippen molar-refractivity contribution < 1.29 is 13.3 Å². The number of rotatable bonds is 5. The van der Waals surface area contributed by atoms with Gasteiger partial charge >= 0.3 is 8.32 Å². The third-order valence-corrected chi connectivity index (χ3v) is 9.79. The van der Waals surface area contributed by atoms with Crippen molar-refractivity contribution in [1.82, 2.24) is 0 Å². The van der Waals surface area contributed by atoms with E-state index in [-0.39, 0.29) is 0 Å². The van der Waals surface area contributed by atoms with Crippen LogP contribution in [0.1, 0.15) is 13.8 Å². The van der Waals surface area contributed by atoms with Gasteiger partial charge in [-0.25, -0.2) is 0 Å². The van der Waals surface area contributed by atoms with Crippen LogP contribution < -0.4 is 0 Å². The second-order valence-electron chi connectivity index (χ2n) is 2.78. The molecule has 0 aromatic rings. The Morgan fingerprint density at radius 3 is 1.75 bits per heavy atom. The maximum atomic E-state index is 5.30. The lowest BCUT2D eigenvalue weighted by molar-refractivity contribution is 0.148. The topological polar surface area (TPSA) is 27.7 Å². The van der Waals surface area contributed by atoms with Crippen LogP contribution in [0.4, 0.5) is 0 Å². The van der Waals surface area contributed by atoms with Gasteiger partial charge in [0.2, 0.25) is 0 Å². The molecule has 5 heteroatoms. The fraction of sp³-hybridized carbons (Fsp3) is 0.714. The van der Waals surface area contributed by atoms with Crippen LogP contribution in [0.5, 0.6) is 0 Å². The Bertz CT molecular complexity index is 142. The molecule has 3 nitrogen and oxygen atoms in total. The van der Waals surface area contributed by atoms with Crippen LogP contribution in [0.3, 0.4) is 0 Å². The van der Waals surface area contributed by atoms with Gasteiger partial charge in [0.05, 0.1) is 0 Å². The second kappa shape index (κ2) is 5.66. The summed E-state index contributed by atoms with van der Waals surface area (Å²) in [6.07, 6.45) is 0. The Labute approximate surface area is 77.7 Å². The molecule has 0 rings (SSSR count). The molecule has 12 heavy (non-hydrogen) atoms. The van der Waals surface area contributed by atoms with Crippen LogP contribution in [0.15, 0.2) is 11.3 Å². The Balaban J connectivity index is 4.20. The van der Waals surface area contributed by atoms with Crippen molar-refractivity contribution in [1.29, 1.82) is 0 Å². The number of hydrogen-bond donors (Lipinski definition) is 0. The average Bonchev–Trinajstić information content (AvgIpc) is 2.08. The quantitative estimate of drug-likeness (QED) is 0.612. The third kappa shape index (κ3) is 3.64. The molecule has 0 spiro atoms. The number of hydrogen-bond acceptors (Lipinski definition) is 3. The largest absolute Gasteiger partial charge is 0.466 e. The molecule has 0 radical (unpaired) electrons. The van der Waals surface area contributed by atoms with Gasteiger partial charge < -0.3 is 13.3 Å². The first-order valence-corrected chi connectivity index (χ1v) is 8.76. The lowest BCUT2D eigenvalue weighted by Crippen LogP contribution is -2.49. The van der Waals surface area contributed by atoms with Gasteiger partial charge in [-0.3, -0.25) is 0 Å². The van der Waals surface area contributed by atoms with Gasteiger partial charge in [0.1, 0.15) is 9.04 Å². The summed E-state index contributed by atoms with van der Waals surface area (Å²) < 4.78 is 15.9.